The molecule has 10 heteroatoms. The Kier molecular flexibility index (Phi) is 6.58. The molecular formula is C16H20F3IN4O2. The van der Waals surface area contributed by atoms with Crippen LogP contribution in [0.3, 0.4) is 0 Å². The maximum atomic E-state index is 12.1. The van der Waals surface area contributed by atoms with Gasteiger partial charge in [-0.1, -0.05) is 0 Å². The van der Waals surface area contributed by atoms with Crippen molar-refractivity contribution in [1.82, 2.24) is 4.90 Å². The quantitative estimate of drug-likeness (QED) is 0.383. The molecular weight excluding hydrogens is 464 g/mol. The summed E-state index contributed by atoms with van der Waals surface area (Å²) >= 11 is 0. The van der Waals surface area contributed by atoms with E-state index in [-0.39, 0.29) is 47.5 Å². The van der Waals surface area contributed by atoms with Crippen LogP contribution < -0.4 is 15.8 Å². The average Bonchev–Trinajstić information content (AvgIpc) is 3.29. The van der Waals surface area contributed by atoms with E-state index in [0.717, 1.165) is 12.8 Å². The van der Waals surface area contributed by atoms with Crippen molar-refractivity contribution in [3.63, 3.8) is 0 Å². The predicted molar refractivity (Wildman–Crippen MR) is 101 cm³/mol. The molecule has 1 atom stereocenters. The number of nitrogens with zero attached hydrogens (tertiary/aromatic N) is 2. The summed E-state index contributed by atoms with van der Waals surface area (Å²) in [6.07, 6.45) is -2.07. The zero-order valence-corrected chi connectivity index (χ0v) is 16.2. The Morgan fingerprint density at radius 3 is 2.54 bits per heavy atom. The predicted octanol–water partition coefficient (Wildman–Crippen LogP) is 2.94. The second-order valence-electron chi connectivity index (χ2n) is 6.27. The Hall–Kier alpha value is -1.72. The second kappa shape index (κ2) is 8.31. The minimum Gasteiger partial charge on any atom is -0.406 e. The highest BCUT2D eigenvalue weighted by Crippen LogP contribution is 2.32. The fraction of sp³-hybridized carbons (Fsp3) is 0.500. The molecule has 3 N–H and O–H groups in total. The first-order valence-corrected chi connectivity index (χ1v) is 8.02. The zero-order valence-electron chi connectivity index (χ0n) is 13.8. The fourth-order valence-corrected chi connectivity index (χ4v) is 2.82. The van der Waals surface area contributed by atoms with E-state index >= 15 is 0 Å². The number of likely N-dealkylation sites (tertiary alicyclic amines) is 1. The van der Waals surface area contributed by atoms with Gasteiger partial charge in [0.15, 0.2) is 5.96 Å². The summed E-state index contributed by atoms with van der Waals surface area (Å²) in [6, 6.07) is 5.61. The number of nitrogens with one attached hydrogen (secondary N) is 1. The van der Waals surface area contributed by atoms with Gasteiger partial charge in [0.05, 0.1) is 0 Å². The van der Waals surface area contributed by atoms with E-state index in [4.69, 9.17) is 5.73 Å². The van der Waals surface area contributed by atoms with Crippen molar-refractivity contribution in [2.45, 2.75) is 31.7 Å². The number of alkyl halides is 3. The van der Waals surface area contributed by atoms with Gasteiger partial charge in [-0.2, -0.15) is 0 Å². The van der Waals surface area contributed by atoms with Gasteiger partial charge in [-0.05, 0) is 37.1 Å². The minimum atomic E-state index is -4.72. The molecule has 1 amide bonds. The summed E-state index contributed by atoms with van der Waals surface area (Å²) in [6.45, 7) is 1.15. The van der Waals surface area contributed by atoms with E-state index in [1.54, 1.807) is 0 Å². The van der Waals surface area contributed by atoms with E-state index in [0.29, 0.717) is 31.2 Å². The largest absolute Gasteiger partial charge is 0.573 e. The molecule has 2 aliphatic rings. The van der Waals surface area contributed by atoms with Crippen molar-refractivity contribution < 1.29 is 22.7 Å². The van der Waals surface area contributed by atoms with E-state index in [9.17, 15) is 18.0 Å². The van der Waals surface area contributed by atoms with Gasteiger partial charge in [-0.3, -0.25) is 9.79 Å². The third kappa shape index (κ3) is 5.92. The van der Waals surface area contributed by atoms with Crippen molar-refractivity contribution in [2.75, 3.05) is 18.4 Å². The number of carbonyl (C=O) groups is 1. The Bertz CT molecular complexity index is 662. The highest BCUT2D eigenvalue weighted by molar-refractivity contribution is 14.0. The molecule has 3 rings (SSSR count). The van der Waals surface area contributed by atoms with Crippen LogP contribution in [0.15, 0.2) is 29.3 Å². The molecule has 0 spiro atoms. The molecule has 26 heavy (non-hydrogen) atoms. The summed E-state index contributed by atoms with van der Waals surface area (Å²) < 4.78 is 40.1. The summed E-state index contributed by atoms with van der Waals surface area (Å²) in [5.74, 6) is 0.172. The van der Waals surface area contributed by atoms with Gasteiger partial charge in [0.2, 0.25) is 5.91 Å². The third-order valence-corrected chi connectivity index (χ3v) is 4.11. The molecule has 2 fully saturated rings. The Labute approximate surface area is 166 Å². The van der Waals surface area contributed by atoms with E-state index in [2.05, 4.69) is 15.0 Å². The standard InChI is InChI=1S/C16H19F3N4O2.HI/c17-16(18,19)25-13-5-1-11(2-6-13)22-15(20)21-8-10-7-14(24)23(9-10)12-3-4-12;/h1-2,5-6,10,12H,3-4,7-9H2,(H3,20,21,22);1H. The minimum absolute atomic E-state index is 0. The van der Waals surface area contributed by atoms with Crippen LogP contribution in [-0.4, -0.2) is 42.3 Å². The number of carbonyl (C=O) groups excluding carboxylic acids is 1. The second-order valence-corrected chi connectivity index (χ2v) is 6.27. The number of hydrogen-bond acceptors (Lipinski definition) is 3. The smallest absolute Gasteiger partial charge is 0.406 e. The first-order chi connectivity index (χ1) is 11.8. The SMILES string of the molecule is I.NC(=NCC1CC(=O)N(C2CC2)C1)Nc1ccc(OC(F)(F)F)cc1. The topological polar surface area (TPSA) is 80.0 Å². The molecule has 1 aromatic carbocycles. The summed E-state index contributed by atoms with van der Waals surface area (Å²) in [5.41, 5.74) is 6.29. The molecule has 1 aromatic rings. The van der Waals surface area contributed by atoms with Gasteiger partial charge < -0.3 is 20.7 Å². The van der Waals surface area contributed by atoms with Crippen LogP contribution in [0.2, 0.25) is 0 Å². The van der Waals surface area contributed by atoms with Gasteiger partial charge in [0.1, 0.15) is 5.75 Å². The molecule has 144 valence electrons. The van der Waals surface area contributed by atoms with Crippen molar-refractivity contribution in [3.05, 3.63) is 24.3 Å². The van der Waals surface area contributed by atoms with Gasteiger partial charge in [-0.15, -0.1) is 37.1 Å². The lowest BCUT2D eigenvalue weighted by Gasteiger charge is -2.14. The number of nitrogens with two attached hydrogens (primary N) is 1. The normalized spacial score (nSPS) is 20.7. The van der Waals surface area contributed by atoms with Gasteiger partial charge >= 0.3 is 6.36 Å². The fourth-order valence-electron chi connectivity index (χ4n) is 2.82. The Balaban J connectivity index is 0.00000243. The van der Waals surface area contributed by atoms with Crippen LogP contribution in [0.4, 0.5) is 18.9 Å². The lowest BCUT2D eigenvalue weighted by Crippen LogP contribution is -2.28. The summed E-state index contributed by atoms with van der Waals surface area (Å²) in [5, 5.41) is 2.81. The molecule has 1 heterocycles. The number of ether oxygens (including phenoxy) is 1. The lowest BCUT2D eigenvalue weighted by molar-refractivity contribution is -0.274. The molecule has 0 aromatic heterocycles. The van der Waals surface area contributed by atoms with Crippen LogP contribution in [0, 0.1) is 5.92 Å². The monoisotopic (exact) mass is 484 g/mol. The molecule has 0 bridgehead atoms. The number of halogens is 4. The van der Waals surface area contributed by atoms with Crippen LogP contribution in [0.1, 0.15) is 19.3 Å². The molecule has 1 saturated carbocycles. The van der Waals surface area contributed by atoms with Crippen molar-refractivity contribution >= 4 is 41.5 Å². The number of rotatable bonds is 5. The first kappa shape index (κ1) is 20.6. The zero-order chi connectivity index (χ0) is 18.0. The van der Waals surface area contributed by atoms with Gasteiger partial charge in [0.25, 0.3) is 0 Å². The number of benzene rings is 1. The molecule has 1 aliphatic carbocycles. The summed E-state index contributed by atoms with van der Waals surface area (Å²) in [7, 11) is 0. The third-order valence-electron chi connectivity index (χ3n) is 4.11. The van der Waals surface area contributed by atoms with Crippen molar-refractivity contribution in [1.29, 1.82) is 0 Å². The van der Waals surface area contributed by atoms with Gasteiger partial charge in [-0.25, -0.2) is 0 Å². The summed E-state index contributed by atoms with van der Waals surface area (Å²) in [4.78, 5) is 18.0. The van der Waals surface area contributed by atoms with Crippen LogP contribution in [0.5, 0.6) is 5.75 Å². The maximum absolute atomic E-state index is 12.1. The highest BCUT2D eigenvalue weighted by Gasteiger charge is 2.39. The van der Waals surface area contributed by atoms with E-state index in [1.165, 1.54) is 24.3 Å². The average molecular weight is 484 g/mol. The number of anilines is 1. The molecule has 1 aliphatic heterocycles. The molecule has 0 radical (unpaired) electrons. The highest BCUT2D eigenvalue weighted by atomic mass is 127. The lowest BCUT2D eigenvalue weighted by atomic mass is 10.1. The number of hydrogen-bond donors (Lipinski definition) is 2. The molecule has 1 saturated heterocycles. The number of guanidine groups is 1. The number of aliphatic imine (C=N–C) groups is 1. The Morgan fingerprint density at radius 2 is 1.96 bits per heavy atom. The van der Waals surface area contributed by atoms with Crippen molar-refractivity contribution in [2.24, 2.45) is 16.6 Å². The molecule has 1 unspecified atom stereocenters. The van der Waals surface area contributed by atoms with E-state index in [1.807, 2.05) is 4.90 Å². The first-order valence-electron chi connectivity index (χ1n) is 8.02. The van der Waals surface area contributed by atoms with Crippen LogP contribution in [0.25, 0.3) is 0 Å². The Morgan fingerprint density at radius 1 is 1.31 bits per heavy atom. The van der Waals surface area contributed by atoms with Crippen LogP contribution >= 0.6 is 24.0 Å². The molecule has 6 nitrogen and oxygen atoms in total. The van der Waals surface area contributed by atoms with Gasteiger partial charge in [0, 0.05) is 37.2 Å². The van der Waals surface area contributed by atoms with Crippen LogP contribution in [-0.2, 0) is 4.79 Å². The van der Waals surface area contributed by atoms with Crippen molar-refractivity contribution in [3.8, 4) is 5.75 Å². The number of amides is 1. The van der Waals surface area contributed by atoms with E-state index < -0.39 is 6.36 Å². The maximum Gasteiger partial charge on any atom is 0.573 e.